The highest BCUT2D eigenvalue weighted by Gasteiger charge is 2.10. The quantitative estimate of drug-likeness (QED) is 0.590. The van der Waals surface area contributed by atoms with Crippen LogP contribution in [-0.2, 0) is 6.54 Å². The van der Waals surface area contributed by atoms with Gasteiger partial charge in [0, 0.05) is 17.8 Å². The Balaban J connectivity index is 2.09. The first-order chi connectivity index (χ1) is 9.95. The van der Waals surface area contributed by atoms with Crippen molar-refractivity contribution in [3.63, 3.8) is 0 Å². The molecular formula is C15H15FN4O. The van der Waals surface area contributed by atoms with Gasteiger partial charge in [-0.15, -0.1) is 0 Å². The van der Waals surface area contributed by atoms with Gasteiger partial charge in [-0.1, -0.05) is 12.1 Å². The number of hydrogen-bond acceptors (Lipinski definition) is 3. The fraction of sp³-hybridized carbons (Fsp3) is 0.133. The van der Waals surface area contributed by atoms with Crippen LogP contribution in [-0.4, -0.2) is 16.7 Å². The van der Waals surface area contributed by atoms with Crippen molar-refractivity contribution >= 4 is 11.7 Å². The van der Waals surface area contributed by atoms with Gasteiger partial charge in [0.25, 0.3) is 5.91 Å². The summed E-state index contributed by atoms with van der Waals surface area (Å²) in [5, 5.41) is 10.1. The number of pyridine rings is 1. The first kappa shape index (κ1) is 14.6. The summed E-state index contributed by atoms with van der Waals surface area (Å²) >= 11 is 0. The van der Waals surface area contributed by atoms with Crippen LogP contribution in [0.1, 0.15) is 27.3 Å². The molecule has 1 aromatic heterocycles. The van der Waals surface area contributed by atoms with Gasteiger partial charge in [0.1, 0.15) is 17.3 Å². The van der Waals surface area contributed by atoms with E-state index in [2.05, 4.69) is 10.3 Å². The molecule has 0 spiro atoms. The zero-order chi connectivity index (χ0) is 15.4. The lowest BCUT2D eigenvalue weighted by molar-refractivity contribution is 0.0945. The summed E-state index contributed by atoms with van der Waals surface area (Å²) in [5.74, 6) is -0.810. The van der Waals surface area contributed by atoms with Gasteiger partial charge < -0.3 is 11.1 Å². The molecule has 0 radical (unpaired) electrons. The summed E-state index contributed by atoms with van der Waals surface area (Å²) in [4.78, 5) is 16.2. The number of aryl methyl sites for hydroxylation is 1. The number of carbonyl (C=O) groups is 1. The average Bonchev–Trinajstić information content (AvgIpc) is 2.45. The van der Waals surface area contributed by atoms with Crippen molar-refractivity contribution in [2.24, 2.45) is 5.73 Å². The van der Waals surface area contributed by atoms with Gasteiger partial charge in [-0.05, 0) is 36.8 Å². The van der Waals surface area contributed by atoms with Gasteiger partial charge in [-0.2, -0.15) is 0 Å². The van der Waals surface area contributed by atoms with Crippen molar-refractivity contribution in [2.75, 3.05) is 0 Å². The summed E-state index contributed by atoms with van der Waals surface area (Å²) in [6.45, 7) is 1.99. The number of benzene rings is 1. The van der Waals surface area contributed by atoms with E-state index in [-0.39, 0.29) is 29.8 Å². The molecule has 0 aliphatic carbocycles. The van der Waals surface area contributed by atoms with Gasteiger partial charge in [-0.25, -0.2) is 9.37 Å². The average molecular weight is 286 g/mol. The second-order valence-corrected chi connectivity index (χ2v) is 4.61. The molecule has 1 amide bonds. The first-order valence-electron chi connectivity index (χ1n) is 6.31. The molecule has 1 heterocycles. The number of amides is 1. The molecule has 5 nitrogen and oxygen atoms in total. The molecule has 0 saturated heterocycles. The Morgan fingerprint density at radius 2 is 2.00 bits per heavy atom. The van der Waals surface area contributed by atoms with E-state index in [0.29, 0.717) is 11.3 Å². The molecule has 6 heteroatoms. The summed E-state index contributed by atoms with van der Waals surface area (Å²) in [5.41, 5.74) is 7.46. The molecule has 2 rings (SSSR count). The Labute approximate surface area is 121 Å². The predicted molar refractivity (Wildman–Crippen MR) is 77.6 cm³/mol. The summed E-state index contributed by atoms with van der Waals surface area (Å²) in [6.07, 6.45) is 0. The number of carbonyl (C=O) groups excluding carboxylic acids is 1. The number of nitrogens with zero attached hydrogens (tertiary/aromatic N) is 1. The predicted octanol–water partition coefficient (Wildman–Crippen LogP) is 1.74. The second-order valence-electron chi connectivity index (χ2n) is 4.61. The van der Waals surface area contributed by atoms with Crippen LogP contribution in [0.5, 0.6) is 0 Å². The molecular weight excluding hydrogens is 271 g/mol. The third-order valence-electron chi connectivity index (χ3n) is 2.86. The first-order valence-corrected chi connectivity index (χ1v) is 6.31. The Morgan fingerprint density at radius 3 is 2.62 bits per heavy atom. The molecule has 2 aromatic rings. The number of nitrogens with one attached hydrogen (secondary N) is 2. The smallest absolute Gasteiger partial charge is 0.270 e. The monoisotopic (exact) mass is 286 g/mol. The number of aromatic nitrogens is 1. The Morgan fingerprint density at radius 1 is 1.33 bits per heavy atom. The van der Waals surface area contributed by atoms with Crippen LogP contribution in [0, 0.1) is 18.2 Å². The molecule has 0 aliphatic rings. The van der Waals surface area contributed by atoms with Crippen LogP contribution in [0.4, 0.5) is 4.39 Å². The lowest BCUT2D eigenvalue weighted by Gasteiger charge is -2.07. The second kappa shape index (κ2) is 6.13. The zero-order valence-electron chi connectivity index (χ0n) is 11.5. The number of hydrogen-bond donors (Lipinski definition) is 3. The van der Waals surface area contributed by atoms with Crippen molar-refractivity contribution < 1.29 is 9.18 Å². The molecule has 21 heavy (non-hydrogen) atoms. The molecule has 108 valence electrons. The molecule has 0 fully saturated rings. The molecule has 0 atom stereocenters. The minimum atomic E-state index is -0.370. The fourth-order valence-corrected chi connectivity index (χ4v) is 1.82. The van der Waals surface area contributed by atoms with Crippen LogP contribution in [0.25, 0.3) is 0 Å². The van der Waals surface area contributed by atoms with Gasteiger partial charge in [0.05, 0.1) is 0 Å². The third-order valence-corrected chi connectivity index (χ3v) is 2.86. The van der Waals surface area contributed by atoms with Crippen LogP contribution in [0.15, 0.2) is 36.4 Å². The van der Waals surface area contributed by atoms with Crippen molar-refractivity contribution in [2.45, 2.75) is 13.5 Å². The van der Waals surface area contributed by atoms with E-state index in [4.69, 9.17) is 11.1 Å². The van der Waals surface area contributed by atoms with E-state index < -0.39 is 0 Å². The number of nitrogens with two attached hydrogens (primary N) is 1. The van der Waals surface area contributed by atoms with E-state index in [9.17, 15) is 9.18 Å². The van der Waals surface area contributed by atoms with E-state index in [1.54, 1.807) is 25.1 Å². The van der Waals surface area contributed by atoms with Crippen LogP contribution >= 0.6 is 0 Å². The van der Waals surface area contributed by atoms with Crippen molar-refractivity contribution in [3.05, 3.63) is 64.7 Å². The van der Waals surface area contributed by atoms with Crippen molar-refractivity contribution in [3.8, 4) is 0 Å². The third kappa shape index (κ3) is 3.85. The molecule has 0 saturated carbocycles. The van der Waals surface area contributed by atoms with Gasteiger partial charge >= 0.3 is 0 Å². The molecule has 0 aliphatic heterocycles. The molecule has 0 bridgehead atoms. The summed E-state index contributed by atoms with van der Waals surface area (Å²) < 4.78 is 12.8. The topological polar surface area (TPSA) is 91.9 Å². The van der Waals surface area contributed by atoms with Crippen molar-refractivity contribution in [1.29, 1.82) is 5.41 Å². The molecule has 0 unspecified atom stereocenters. The maximum absolute atomic E-state index is 12.8. The van der Waals surface area contributed by atoms with Crippen molar-refractivity contribution in [1.82, 2.24) is 10.3 Å². The minimum absolute atomic E-state index is 0.118. The Hall–Kier alpha value is -2.76. The number of amidine groups is 1. The van der Waals surface area contributed by atoms with Crippen LogP contribution in [0.2, 0.25) is 0 Å². The van der Waals surface area contributed by atoms with E-state index in [0.717, 1.165) is 5.56 Å². The van der Waals surface area contributed by atoms with Gasteiger partial charge in [-0.3, -0.25) is 10.2 Å². The fourth-order valence-electron chi connectivity index (χ4n) is 1.82. The minimum Gasteiger partial charge on any atom is -0.384 e. The highest BCUT2D eigenvalue weighted by atomic mass is 19.1. The molecule has 1 aromatic carbocycles. The van der Waals surface area contributed by atoms with E-state index >= 15 is 0 Å². The molecule has 4 N–H and O–H groups in total. The summed E-state index contributed by atoms with van der Waals surface area (Å²) in [7, 11) is 0. The maximum Gasteiger partial charge on any atom is 0.270 e. The standard InChI is InChI=1S/C15H15FN4O/c1-9-6-11(14(17)18)7-13(20-9)15(21)19-8-10-2-4-12(16)5-3-10/h2-7H,8H2,1H3,(H3,17,18)(H,19,21). The van der Waals surface area contributed by atoms with Gasteiger partial charge in [0.15, 0.2) is 0 Å². The Kier molecular flexibility index (Phi) is 4.27. The summed E-state index contributed by atoms with van der Waals surface area (Å²) in [6, 6.07) is 8.97. The number of rotatable bonds is 4. The van der Waals surface area contributed by atoms with Gasteiger partial charge in [0.2, 0.25) is 0 Å². The SMILES string of the molecule is Cc1cc(C(=N)N)cc(C(=O)NCc2ccc(F)cc2)n1. The van der Waals surface area contributed by atoms with E-state index in [1.165, 1.54) is 18.2 Å². The highest BCUT2D eigenvalue weighted by molar-refractivity contribution is 5.99. The van der Waals surface area contributed by atoms with Crippen LogP contribution < -0.4 is 11.1 Å². The van der Waals surface area contributed by atoms with E-state index in [1.807, 2.05) is 0 Å². The van der Waals surface area contributed by atoms with Crippen LogP contribution in [0.3, 0.4) is 0 Å². The maximum atomic E-state index is 12.8. The lowest BCUT2D eigenvalue weighted by Crippen LogP contribution is -2.25. The Bertz CT molecular complexity index is 683. The lowest BCUT2D eigenvalue weighted by atomic mass is 10.1. The highest BCUT2D eigenvalue weighted by Crippen LogP contribution is 2.06. The number of halogens is 1. The zero-order valence-corrected chi connectivity index (χ0v) is 11.5. The largest absolute Gasteiger partial charge is 0.384 e. The number of nitrogen functional groups attached to an aromatic ring is 1. The normalized spacial score (nSPS) is 10.2.